The van der Waals surface area contributed by atoms with Crippen molar-refractivity contribution in [3.63, 3.8) is 0 Å². The van der Waals surface area contributed by atoms with E-state index in [1.165, 1.54) is 23.3 Å². The van der Waals surface area contributed by atoms with E-state index in [1.54, 1.807) is 0 Å². The molecule has 0 radical (unpaired) electrons. The van der Waals surface area contributed by atoms with Gasteiger partial charge in [0.1, 0.15) is 5.82 Å². The third-order valence-corrected chi connectivity index (χ3v) is 3.81. The largest absolute Gasteiger partial charge is 0.312 e. The number of allylic oxidation sites excluding steroid dienone is 1. The summed E-state index contributed by atoms with van der Waals surface area (Å²) in [6.07, 6.45) is 2.21. The van der Waals surface area contributed by atoms with Crippen LogP contribution in [0.4, 0.5) is 4.39 Å². The topological polar surface area (TPSA) is 15.3 Å². The molecule has 122 valence electrons. The molecule has 0 unspecified atom stereocenters. The Hall–Kier alpha value is -1.97. The second-order valence-corrected chi connectivity index (χ2v) is 5.98. The molecule has 0 saturated carbocycles. The fourth-order valence-electron chi connectivity index (χ4n) is 2.32. The van der Waals surface area contributed by atoms with Crippen molar-refractivity contribution in [1.29, 1.82) is 0 Å². The van der Waals surface area contributed by atoms with Gasteiger partial charge in [-0.1, -0.05) is 42.5 Å². The van der Waals surface area contributed by atoms with Crippen molar-refractivity contribution in [1.82, 2.24) is 10.2 Å². The van der Waals surface area contributed by atoms with Gasteiger partial charge in [0.05, 0.1) is 0 Å². The van der Waals surface area contributed by atoms with E-state index in [1.807, 2.05) is 12.1 Å². The Balaban J connectivity index is 1.94. The van der Waals surface area contributed by atoms with E-state index < -0.39 is 0 Å². The molecule has 3 heteroatoms. The monoisotopic (exact) mass is 312 g/mol. The SMILES string of the molecule is CC(=CCNCCN(C)C)c1ccc(-c2ccc(F)cc2)cc1. The summed E-state index contributed by atoms with van der Waals surface area (Å²) in [6, 6.07) is 15.0. The van der Waals surface area contributed by atoms with Crippen molar-refractivity contribution in [2.24, 2.45) is 0 Å². The second kappa shape index (κ2) is 8.61. The first kappa shape index (κ1) is 17.4. The maximum absolute atomic E-state index is 13.0. The number of likely N-dealkylation sites (N-methyl/N-ethyl adjacent to an activating group) is 1. The third-order valence-electron chi connectivity index (χ3n) is 3.81. The highest BCUT2D eigenvalue weighted by Crippen LogP contribution is 2.22. The molecule has 23 heavy (non-hydrogen) atoms. The van der Waals surface area contributed by atoms with E-state index in [9.17, 15) is 4.39 Å². The van der Waals surface area contributed by atoms with Gasteiger partial charge in [-0.15, -0.1) is 0 Å². The van der Waals surface area contributed by atoms with E-state index >= 15 is 0 Å². The summed E-state index contributed by atoms with van der Waals surface area (Å²) in [6.45, 7) is 5.03. The molecule has 2 nitrogen and oxygen atoms in total. The Labute approximate surface area is 138 Å². The molecule has 0 bridgehead atoms. The van der Waals surface area contributed by atoms with Crippen LogP contribution in [0.15, 0.2) is 54.6 Å². The average Bonchev–Trinajstić information content (AvgIpc) is 2.55. The van der Waals surface area contributed by atoms with Crippen LogP contribution in [-0.2, 0) is 0 Å². The fraction of sp³-hybridized carbons (Fsp3) is 0.300. The smallest absolute Gasteiger partial charge is 0.123 e. The van der Waals surface area contributed by atoms with Gasteiger partial charge in [0.2, 0.25) is 0 Å². The normalized spacial score (nSPS) is 12.0. The van der Waals surface area contributed by atoms with Crippen LogP contribution in [0, 0.1) is 5.82 Å². The molecule has 2 aromatic rings. The van der Waals surface area contributed by atoms with Crippen molar-refractivity contribution >= 4 is 5.57 Å². The highest BCUT2D eigenvalue weighted by molar-refractivity contribution is 5.69. The van der Waals surface area contributed by atoms with Gasteiger partial charge in [-0.2, -0.15) is 0 Å². The van der Waals surface area contributed by atoms with Gasteiger partial charge < -0.3 is 10.2 Å². The standard InChI is InChI=1S/C20H25FN2/c1-16(12-13-22-14-15-23(2)3)17-4-6-18(7-5-17)19-8-10-20(21)11-9-19/h4-12,22H,13-15H2,1-3H3. The van der Waals surface area contributed by atoms with Crippen molar-refractivity contribution < 1.29 is 4.39 Å². The van der Waals surface area contributed by atoms with Crippen molar-refractivity contribution in [2.45, 2.75) is 6.92 Å². The quantitative estimate of drug-likeness (QED) is 0.776. The van der Waals surface area contributed by atoms with Gasteiger partial charge in [-0.05, 0) is 55.4 Å². The maximum atomic E-state index is 13.0. The highest BCUT2D eigenvalue weighted by Gasteiger charge is 2.00. The molecule has 0 aromatic heterocycles. The summed E-state index contributed by atoms with van der Waals surface area (Å²) in [5.74, 6) is -0.203. The number of benzene rings is 2. The van der Waals surface area contributed by atoms with Crippen LogP contribution in [-0.4, -0.2) is 38.6 Å². The molecular weight excluding hydrogens is 287 g/mol. The third kappa shape index (κ3) is 5.62. The second-order valence-electron chi connectivity index (χ2n) is 5.98. The number of nitrogens with zero attached hydrogens (tertiary/aromatic N) is 1. The van der Waals surface area contributed by atoms with Crippen molar-refractivity contribution in [2.75, 3.05) is 33.7 Å². The lowest BCUT2D eigenvalue weighted by atomic mass is 10.0. The van der Waals surface area contributed by atoms with Gasteiger partial charge in [0, 0.05) is 19.6 Å². The molecule has 0 atom stereocenters. The molecule has 0 spiro atoms. The lowest BCUT2D eigenvalue weighted by Crippen LogP contribution is -2.26. The molecule has 1 N–H and O–H groups in total. The summed E-state index contributed by atoms with van der Waals surface area (Å²) in [5, 5.41) is 3.41. The first-order chi connectivity index (χ1) is 11.1. The molecular formula is C20H25FN2. The van der Waals surface area contributed by atoms with Crippen LogP contribution >= 0.6 is 0 Å². The minimum atomic E-state index is -0.203. The average molecular weight is 312 g/mol. The van der Waals surface area contributed by atoms with Gasteiger partial charge in [0.15, 0.2) is 0 Å². The Morgan fingerprint density at radius 3 is 2.13 bits per heavy atom. The van der Waals surface area contributed by atoms with Crippen LogP contribution in [0.5, 0.6) is 0 Å². The van der Waals surface area contributed by atoms with Gasteiger partial charge in [0.25, 0.3) is 0 Å². The zero-order valence-electron chi connectivity index (χ0n) is 14.1. The van der Waals surface area contributed by atoms with Crippen molar-refractivity contribution in [3.05, 3.63) is 66.0 Å². The predicted octanol–water partition coefficient (Wildman–Crippen LogP) is 4.05. The molecule has 2 aromatic carbocycles. The Kier molecular flexibility index (Phi) is 6.51. The Bertz CT molecular complexity index is 628. The first-order valence-corrected chi connectivity index (χ1v) is 7.95. The van der Waals surface area contributed by atoms with Crippen LogP contribution in [0.2, 0.25) is 0 Å². The number of nitrogens with one attached hydrogen (secondary N) is 1. The summed E-state index contributed by atoms with van der Waals surface area (Å²) in [4.78, 5) is 2.16. The van der Waals surface area contributed by atoms with Crippen LogP contribution in [0.1, 0.15) is 12.5 Å². The molecule has 0 heterocycles. The minimum absolute atomic E-state index is 0.203. The van der Waals surface area contributed by atoms with E-state index in [0.29, 0.717) is 0 Å². The summed E-state index contributed by atoms with van der Waals surface area (Å²) in [5.41, 5.74) is 4.61. The number of rotatable bonds is 7. The summed E-state index contributed by atoms with van der Waals surface area (Å²) >= 11 is 0. The fourth-order valence-corrected chi connectivity index (χ4v) is 2.32. The first-order valence-electron chi connectivity index (χ1n) is 7.95. The van der Waals surface area contributed by atoms with E-state index in [4.69, 9.17) is 0 Å². The van der Waals surface area contributed by atoms with Gasteiger partial charge in [-0.3, -0.25) is 0 Å². The molecule has 2 rings (SSSR count). The molecule has 0 aliphatic heterocycles. The van der Waals surface area contributed by atoms with Crippen molar-refractivity contribution in [3.8, 4) is 11.1 Å². The maximum Gasteiger partial charge on any atom is 0.123 e. The zero-order chi connectivity index (χ0) is 16.7. The lowest BCUT2D eigenvalue weighted by Gasteiger charge is -2.09. The Morgan fingerprint density at radius 1 is 1.00 bits per heavy atom. The summed E-state index contributed by atoms with van der Waals surface area (Å²) < 4.78 is 13.0. The van der Waals surface area contributed by atoms with Gasteiger partial charge in [-0.25, -0.2) is 4.39 Å². The molecule has 0 aliphatic rings. The minimum Gasteiger partial charge on any atom is -0.312 e. The van der Waals surface area contributed by atoms with Crippen LogP contribution in [0.3, 0.4) is 0 Å². The number of hydrogen-bond donors (Lipinski definition) is 1. The predicted molar refractivity (Wildman–Crippen MR) is 96.9 cm³/mol. The highest BCUT2D eigenvalue weighted by atomic mass is 19.1. The van der Waals surface area contributed by atoms with Crippen LogP contribution in [0.25, 0.3) is 16.7 Å². The molecule has 0 amide bonds. The van der Waals surface area contributed by atoms with E-state index in [2.05, 4.69) is 61.6 Å². The van der Waals surface area contributed by atoms with Crippen LogP contribution < -0.4 is 5.32 Å². The zero-order valence-corrected chi connectivity index (χ0v) is 14.1. The van der Waals surface area contributed by atoms with E-state index in [0.717, 1.165) is 30.8 Å². The van der Waals surface area contributed by atoms with E-state index in [-0.39, 0.29) is 5.82 Å². The molecule has 0 aliphatic carbocycles. The summed E-state index contributed by atoms with van der Waals surface area (Å²) in [7, 11) is 4.15. The molecule has 0 saturated heterocycles. The molecule has 0 fully saturated rings. The van der Waals surface area contributed by atoms with Gasteiger partial charge >= 0.3 is 0 Å². The lowest BCUT2D eigenvalue weighted by molar-refractivity contribution is 0.404. The number of halogens is 1. The Morgan fingerprint density at radius 2 is 1.57 bits per heavy atom. The number of hydrogen-bond acceptors (Lipinski definition) is 2.